The molecule has 0 amide bonds. The molecule has 26 heavy (non-hydrogen) atoms. The number of aryl methyl sites for hydroxylation is 2. The molecule has 0 bridgehead atoms. The minimum atomic E-state index is -0.0743. The maximum Gasteiger partial charge on any atom is 0.141 e. The molecule has 0 atom stereocenters. The minimum Gasteiger partial charge on any atom is -0.364 e. The fraction of sp³-hybridized carbons (Fsp3) is 0.455. The van der Waals surface area contributed by atoms with E-state index in [0.29, 0.717) is 0 Å². The van der Waals surface area contributed by atoms with Gasteiger partial charge in [0.15, 0.2) is 0 Å². The van der Waals surface area contributed by atoms with E-state index in [1.807, 2.05) is 24.4 Å². The van der Waals surface area contributed by atoms with Gasteiger partial charge in [-0.05, 0) is 69.4 Å². The van der Waals surface area contributed by atoms with E-state index < -0.39 is 0 Å². The fourth-order valence-corrected chi connectivity index (χ4v) is 4.02. The second-order valence-corrected chi connectivity index (χ2v) is 9.14. The van der Waals surface area contributed by atoms with Crippen molar-refractivity contribution < 1.29 is 0 Å². The first-order valence-corrected chi connectivity index (χ1v) is 9.25. The van der Waals surface area contributed by atoms with Crippen molar-refractivity contribution in [3.63, 3.8) is 0 Å². The van der Waals surface area contributed by atoms with Crippen molar-refractivity contribution >= 4 is 11.5 Å². The third kappa shape index (κ3) is 3.90. The smallest absolute Gasteiger partial charge is 0.141 e. The maximum absolute atomic E-state index is 4.92. The Hall–Kier alpha value is -2.36. The highest BCUT2D eigenvalue weighted by Crippen LogP contribution is 2.35. The molecule has 0 aliphatic rings. The number of imidazole rings is 1. The van der Waals surface area contributed by atoms with Crippen molar-refractivity contribution in [2.75, 3.05) is 5.32 Å². The molecule has 1 N–H and O–H groups in total. The molecule has 3 heterocycles. The monoisotopic (exact) mass is 350 g/mol. The molecule has 4 heteroatoms. The zero-order chi connectivity index (χ0) is 19.1. The first-order valence-electron chi connectivity index (χ1n) is 9.25. The summed E-state index contributed by atoms with van der Waals surface area (Å²) in [6.45, 7) is 15.6. The van der Waals surface area contributed by atoms with Crippen molar-refractivity contribution in [2.45, 2.75) is 60.4 Å². The minimum absolute atomic E-state index is 0.0743. The van der Waals surface area contributed by atoms with Gasteiger partial charge in [-0.1, -0.05) is 26.8 Å². The lowest BCUT2D eigenvalue weighted by atomic mass is 9.82. The zero-order valence-corrected chi connectivity index (χ0v) is 17.0. The lowest BCUT2D eigenvalue weighted by Gasteiger charge is -2.34. The average Bonchev–Trinajstić information content (AvgIpc) is 2.83. The molecule has 3 rings (SSSR count). The predicted octanol–water partition coefficient (Wildman–Crippen LogP) is 5.64. The summed E-state index contributed by atoms with van der Waals surface area (Å²) in [5.41, 5.74) is 5.29. The Morgan fingerprint density at radius 2 is 1.77 bits per heavy atom. The van der Waals surface area contributed by atoms with E-state index in [1.54, 1.807) is 0 Å². The van der Waals surface area contributed by atoms with Crippen LogP contribution in [0, 0.1) is 19.3 Å². The number of hydrogen-bond acceptors (Lipinski definition) is 3. The SMILES string of the molecule is Cc1cc(C)n2c(NC(C)(C)CC(C)(C)C)c(-c3ccccn3)nc2c1. The zero-order valence-electron chi connectivity index (χ0n) is 17.0. The second-order valence-electron chi connectivity index (χ2n) is 9.14. The van der Waals surface area contributed by atoms with Crippen LogP contribution in [-0.2, 0) is 0 Å². The summed E-state index contributed by atoms with van der Waals surface area (Å²) in [5.74, 6) is 1.02. The Morgan fingerprint density at radius 1 is 1.04 bits per heavy atom. The van der Waals surface area contributed by atoms with Crippen LogP contribution in [0.5, 0.6) is 0 Å². The van der Waals surface area contributed by atoms with Gasteiger partial charge in [-0.2, -0.15) is 0 Å². The highest BCUT2D eigenvalue weighted by molar-refractivity contribution is 5.75. The van der Waals surface area contributed by atoms with Gasteiger partial charge in [-0.15, -0.1) is 0 Å². The molecular formula is C22H30N4. The molecule has 0 aromatic carbocycles. The van der Waals surface area contributed by atoms with E-state index in [1.165, 1.54) is 11.3 Å². The van der Waals surface area contributed by atoms with E-state index in [-0.39, 0.29) is 11.0 Å². The van der Waals surface area contributed by atoms with Gasteiger partial charge in [-0.3, -0.25) is 9.38 Å². The van der Waals surface area contributed by atoms with Crippen LogP contribution in [0.4, 0.5) is 5.82 Å². The average molecular weight is 351 g/mol. The van der Waals surface area contributed by atoms with Gasteiger partial charge in [0, 0.05) is 17.4 Å². The van der Waals surface area contributed by atoms with E-state index >= 15 is 0 Å². The van der Waals surface area contributed by atoms with E-state index in [9.17, 15) is 0 Å². The van der Waals surface area contributed by atoms with Gasteiger partial charge in [0.2, 0.25) is 0 Å². The Labute approximate surface area is 156 Å². The summed E-state index contributed by atoms with van der Waals surface area (Å²) < 4.78 is 2.21. The molecule has 0 spiro atoms. The topological polar surface area (TPSA) is 42.2 Å². The standard InChI is InChI=1S/C22H30N4/c1-15-12-16(2)26-18(13-15)24-19(17-10-8-9-11-23-17)20(26)25-22(6,7)14-21(3,4)5/h8-13,25H,14H2,1-7H3. The molecule has 0 aliphatic heterocycles. The van der Waals surface area contributed by atoms with Gasteiger partial charge in [-0.25, -0.2) is 4.98 Å². The van der Waals surface area contributed by atoms with E-state index in [2.05, 4.69) is 75.3 Å². The van der Waals surface area contributed by atoms with Crippen LogP contribution >= 0.6 is 0 Å². The third-order valence-electron chi connectivity index (χ3n) is 4.39. The predicted molar refractivity (Wildman–Crippen MR) is 110 cm³/mol. The molecule has 0 radical (unpaired) electrons. The van der Waals surface area contributed by atoms with Gasteiger partial charge in [0.1, 0.15) is 17.2 Å². The van der Waals surface area contributed by atoms with Crippen molar-refractivity contribution in [1.29, 1.82) is 0 Å². The van der Waals surface area contributed by atoms with Crippen LogP contribution in [0.3, 0.4) is 0 Å². The van der Waals surface area contributed by atoms with Crippen LogP contribution in [0.2, 0.25) is 0 Å². The number of rotatable bonds is 4. The van der Waals surface area contributed by atoms with E-state index in [4.69, 9.17) is 4.98 Å². The van der Waals surface area contributed by atoms with Gasteiger partial charge in [0.05, 0.1) is 5.69 Å². The molecule has 3 aromatic heterocycles. The van der Waals surface area contributed by atoms with Gasteiger partial charge < -0.3 is 5.32 Å². The number of anilines is 1. The lowest BCUT2D eigenvalue weighted by molar-refractivity contribution is 0.302. The second kappa shape index (κ2) is 6.42. The molecule has 0 unspecified atom stereocenters. The lowest BCUT2D eigenvalue weighted by Crippen LogP contribution is -2.36. The molecular weight excluding hydrogens is 320 g/mol. The van der Waals surface area contributed by atoms with Crippen molar-refractivity contribution in [2.24, 2.45) is 5.41 Å². The van der Waals surface area contributed by atoms with Gasteiger partial charge >= 0.3 is 0 Å². The Kier molecular flexibility index (Phi) is 4.55. The van der Waals surface area contributed by atoms with Crippen LogP contribution in [0.15, 0.2) is 36.5 Å². The number of aromatic nitrogens is 3. The van der Waals surface area contributed by atoms with Crippen LogP contribution in [0.25, 0.3) is 17.0 Å². The highest BCUT2D eigenvalue weighted by Gasteiger charge is 2.28. The number of nitrogens with zero attached hydrogens (tertiary/aromatic N) is 3. The molecule has 138 valence electrons. The van der Waals surface area contributed by atoms with Crippen LogP contribution < -0.4 is 5.32 Å². The number of fused-ring (bicyclic) bond motifs is 1. The Morgan fingerprint density at radius 3 is 2.38 bits per heavy atom. The molecule has 0 aliphatic carbocycles. The number of hydrogen-bond donors (Lipinski definition) is 1. The normalized spacial score (nSPS) is 12.6. The number of nitrogens with one attached hydrogen (secondary N) is 1. The van der Waals surface area contributed by atoms with Crippen molar-refractivity contribution in [3.05, 3.63) is 47.8 Å². The van der Waals surface area contributed by atoms with Gasteiger partial charge in [0.25, 0.3) is 0 Å². The molecule has 0 fully saturated rings. The van der Waals surface area contributed by atoms with Crippen molar-refractivity contribution in [1.82, 2.24) is 14.4 Å². The third-order valence-corrected chi connectivity index (χ3v) is 4.39. The Balaban J connectivity index is 2.18. The summed E-state index contributed by atoms with van der Waals surface area (Å²) in [5, 5.41) is 3.79. The fourth-order valence-electron chi connectivity index (χ4n) is 4.02. The maximum atomic E-state index is 4.92. The summed E-state index contributed by atoms with van der Waals surface area (Å²) in [7, 11) is 0. The Bertz CT molecular complexity index is 915. The van der Waals surface area contributed by atoms with Crippen LogP contribution in [-0.4, -0.2) is 19.9 Å². The summed E-state index contributed by atoms with van der Waals surface area (Å²) in [4.78, 5) is 9.47. The summed E-state index contributed by atoms with van der Waals surface area (Å²) in [6, 6.07) is 10.3. The van der Waals surface area contributed by atoms with Crippen LogP contribution in [0.1, 0.15) is 52.3 Å². The molecule has 0 saturated heterocycles. The molecule has 4 nitrogen and oxygen atoms in total. The quantitative estimate of drug-likeness (QED) is 0.662. The molecule has 3 aromatic rings. The van der Waals surface area contributed by atoms with Crippen molar-refractivity contribution in [3.8, 4) is 11.4 Å². The number of pyridine rings is 2. The molecule has 0 saturated carbocycles. The highest BCUT2D eigenvalue weighted by atomic mass is 15.2. The summed E-state index contributed by atoms with van der Waals surface area (Å²) in [6.07, 6.45) is 2.86. The van der Waals surface area contributed by atoms with E-state index in [0.717, 1.165) is 29.3 Å². The largest absolute Gasteiger partial charge is 0.364 e. The first kappa shape index (κ1) is 18.4. The first-order chi connectivity index (χ1) is 12.1. The summed E-state index contributed by atoms with van der Waals surface area (Å²) >= 11 is 0.